The number of esters is 1. The Labute approximate surface area is 86.4 Å². The second-order valence-corrected chi connectivity index (χ2v) is 2.58. The zero-order chi connectivity index (χ0) is 11.9. The summed E-state index contributed by atoms with van der Waals surface area (Å²) < 4.78 is 17.8. The molecule has 0 aromatic rings. The van der Waals surface area contributed by atoms with Gasteiger partial charge in [0.2, 0.25) is 0 Å². The Morgan fingerprint density at radius 1 is 1.40 bits per heavy atom. The van der Waals surface area contributed by atoms with E-state index in [4.69, 9.17) is 5.11 Å². The first kappa shape index (κ1) is 13.1. The summed E-state index contributed by atoms with van der Waals surface area (Å²) in [5.41, 5.74) is 0. The molecule has 82 valence electrons. The van der Waals surface area contributed by atoms with Gasteiger partial charge in [0, 0.05) is 18.6 Å². The summed E-state index contributed by atoms with van der Waals surface area (Å²) >= 11 is 0. The lowest BCUT2D eigenvalue weighted by Gasteiger charge is -2.18. The van der Waals surface area contributed by atoms with Crippen LogP contribution in [-0.2, 0) is 14.3 Å². The molecule has 0 fully saturated rings. The van der Waals surface area contributed by atoms with E-state index in [0.717, 1.165) is 6.08 Å². The highest BCUT2D eigenvalue weighted by molar-refractivity contribution is 5.90. The van der Waals surface area contributed by atoms with E-state index in [2.05, 4.69) is 17.9 Å². The minimum absolute atomic E-state index is 0.247. The van der Waals surface area contributed by atoms with Crippen molar-refractivity contribution in [3.05, 3.63) is 37.5 Å². The molecule has 4 nitrogen and oxygen atoms in total. The van der Waals surface area contributed by atoms with Crippen LogP contribution >= 0.6 is 0 Å². The maximum Gasteiger partial charge on any atom is 0.333 e. The summed E-state index contributed by atoms with van der Waals surface area (Å²) in [6.07, 6.45) is 2.95. The Bertz CT molecular complexity index is 309. The standard InChI is InChI=1S/C10H11FO4/c1-3-7-10(11,4-2)15-9(14)6-5-8(12)13/h3-6H,1-2,7H2,(H,12,13)/b6-5+. The van der Waals surface area contributed by atoms with E-state index in [1.807, 2.05) is 0 Å². The Morgan fingerprint density at radius 3 is 2.40 bits per heavy atom. The number of halogens is 1. The van der Waals surface area contributed by atoms with Crippen molar-refractivity contribution in [2.24, 2.45) is 0 Å². The lowest BCUT2D eigenvalue weighted by molar-refractivity contribution is -0.164. The quantitative estimate of drug-likeness (QED) is 0.414. The number of rotatable bonds is 6. The van der Waals surface area contributed by atoms with E-state index in [0.29, 0.717) is 12.2 Å². The van der Waals surface area contributed by atoms with Crippen molar-refractivity contribution in [1.29, 1.82) is 0 Å². The molecule has 1 unspecified atom stereocenters. The van der Waals surface area contributed by atoms with Crippen LogP contribution in [0.2, 0.25) is 0 Å². The van der Waals surface area contributed by atoms with Crippen molar-refractivity contribution in [3.8, 4) is 0 Å². The maximum absolute atomic E-state index is 13.5. The first-order valence-corrected chi connectivity index (χ1v) is 4.01. The van der Waals surface area contributed by atoms with Gasteiger partial charge in [-0.15, -0.1) is 6.58 Å². The van der Waals surface area contributed by atoms with Crippen LogP contribution in [0.15, 0.2) is 37.5 Å². The highest BCUT2D eigenvalue weighted by atomic mass is 19.2. The Kier molecular flexibility index (Phi) is 5.01. The highest BCUT2D eigenvalue weighted by Crippen LogP contribution is 2.20. The van der Waals surface area contributed by atoms with Crippen molar-refractivity contribution >= 4 is 11.9 Å². The van der Waals surface area contributed by atoms with E-state index >= 15 is 0 Å². The molecule has 5 heteroatoms. The van der Waals surface area contributed by atoms with Gasteiger partial charge in [-0.1, -0.05) is 12.7 Å². The first-order valence-electron chi connectivity index (χ1n) is 4.01. The smallest absolute Gasteiger partial charge is 0.333 e. The summed E-state index contributed by atoms with van der Waals surface area (Å²) in [6.45, 7) is 6.44. The Hall–Kier alpha value is -1.91. The number of hydrogen-bond donors (Lipinski definition) is 1. The third-order valence-electron chi connectivity index (χ3n) is 1.36. The summed E-state index contributed by atoms with van der Waals surface area (Å²) in [4.78, 5) is 20.9. The van der Waals surface area contributed by atoms with Gasteiger partial charge in [0.25, 0.3) is 5.85 Å². The summed E-state index contributed by atoms with van der Waals surface area (Å²) in [5, 5.41) is 8.20. The van der Waals surface area contributed by atoms with Crippen LogP contribution in [0, 0.1) is 0 Å². The van der Waals surface area contributed by atoms with Crippen molar-refractivity contribution in [3.63, 3.8) is 0 Å². The fourth-order valence-corrected chi connectivity index (χ4v) is 0.704. The van der Waals surface area contributed by atoms with Gasteiger partial charge in [-0.3, -0.25) is 0 Å². The van der Waals surface area contributed by atoms with Gasteiger partial charge in [0.15, 0.2) is 0 Å². The van der Waals surface area contributed by atoms with Gasteiger partial charge in [-0.2, -0.15) is 4.39 Å². The molecule has 0 rings (SSSR count). The number of carbonyl (C=O) groups excluding carboxylic acids is 1. The topological polar surface area (TPSA) is 63.6 Å². The monoisotopic (exact) mass is 214 g/mol. The molecule has 0 aliphatic carbocycles. The van der Waals surface area contributed by atoms with Crippen LogP contribution < -0.4 is 0 Å². The van der Waals surface area contributed by atoms with E-state index in [1.54, 1.807) is 0 Å². The minimum atomic E-state index is -2.35. The average Bonchev–Trinajstić information content (AvgIpc) is 2.15. The van der Waals surface area contributed by atoms with Gasteiger partial charge in [-0.05, 0) is 6.08 Å². The van der Waals surface area contributed by atoms with Gasteiger partial charge >= 0.3 is 11.9 Å². The van der Waals surface area contributed by atoms with E-state index in [1.165, 1.54) is 6.08 Å². The molecule has 0 bridgehead atoms. The molecule has 0 radical (unpaired) electrons. The van der Waals surface area contributed by atoms with Crippen molar-refractivity contribution < 1.29 is 23.8 Å². The predicted molar refractivity (Wildman–Crippen MR) is 51.7 cm³/mol. The number of aliphatic carboxylic acids is 1. The minimum Gasteiger partial charge on any atom is -0.478 e. The third-order valence-corrected chi connectivity index (χ3v) is 1.36. The highest BCUT2D eigenvalue weighted by Gasteiger charge is 2.27. The molecular weight excluding hydrogens is 203 g/mol. The van der Waals surface area contributed by atoms with Crippen LogP contribution in [0.3, 0.4) is 0 Å². The average molecular weight is 214 g/mol. The number of alkyl halides is 1. The molecule has 0 aromatic carbocycles. The molecule has 0 aromatic heterocycles. The van der Waals surface area contributed by atoms with Crippen LogP contribution in [-0.4, -0.2) is 22.9 Å². The largest absolute Gasteiger partial charge is 0.478 e. The third kappa shape index (κ3) is 5.41. The van der Waals surface area contributed by atoms with Crippen LogP contribution in [0.4, 0.5) is 4.39 Å². The van der Waals surface area contributed by atoms with Crippen LogP contribution in [0.25, 0.3) is 0 Å². The van der Waals surface area contributed by atoms with Crippen LogP contribution in [0.5, 0.6) is 0 Å². The van der Waals surface area contributed by atoms with Gasteiger partial charge in [-0.25, -0.2) is 9.59 Å². The van der Waals surface area contributed by atoms with Gasteiger partial charge in [0.05, 0.1) is 0 Å². The molecule has 0 aliphatic heterocycles. The second-order valence-electron chi connectivity index (χ2n) is 2.58. The zero-order valence-corrected chi connectivity index (χ0v) is 7.98. The van der Waals surface area contributed by atoms with Crippen molar-refractivity contribution in [2.45, 2.75) is 12.3 Å². The molecule has 0 heterocycles. The molecule has 0 aliphatic rings. The fourth-order valence-electron chi connectivity index (χ4n) is 0.704. The second kappa shape index (κ2) is 5.74. The molecule has 0 spiro atoms. The normalized spacial score (nSPS) is 14.2. The van der Waals surface area contributed by atoms with E-state index < -0.39 is 17.8 Å². The molecule has 1 atom stereocenters. The lowest BCUT2D eigenvalue weighted by atomic mass is 10.2. The van der Waals surface area contributed by atoms with Crippen molar-refractivity contribution in [1.82, 2.24) is 0 Å². The number of carbonyl (C=O) groups is 2. The fraction of sp³-hybridized carbons (Fsp3) is 0.200. The first-order chi connectivity index (χ1) is 6.93. The molecule has 0 saturated heterocycles. The number of carboxylic acids is 1. The summed E-state index contributed by atoms with van der Waals surface area (Å²) in [5.74, 6) is -4.76. The Balaban J connectivity index is 4.42. The molecule has 0 amide bonds. The SMILES string of the molecule is C=CCC(F)(C=C)OC(=O)/C=C/C(=O)O. The Morgan fingerprint density at radius 2 is 2.00 bits per heavy atom. The number of ether oxygens (including phenoxy) is 1. The number of carboxylic acid groups (broad SMARTS) is 1. The summed E-state index contributed by atoms with van der Waals surface area (Å²) in [7, 11) is 0. The molecular formula is C10H11FO4. The lowest BCUT2D eigenvalue weighted by Crippen LogP contribution is -2.26. The van der Waals surface area contributed by atoms with E-state index in [-0.39, 0.29) is 6.42 Å². The predicted octanol–water partition coefficient (Wildman–Crippen LogP) is 1.60. The maximum atomic E-state index is 13.5. The van der Waals surface area contributed by atoms with Crippen molar-refractivity contribution in [2.75, 3.05) is 0 Å². The molecule has 1 N–H and O–H groups in total. The van der Waals surface area contributed by atoms with Gasteiger partial charge in [0.1, 0.15) is 0 Å². The van der Waals surface area contributed by atoms with Crippen LogP contribution in [0.1, 0.15) is 6.42 Å². The van der Waals surface area contributed by atoms with Gasteiger partial charge < -0.3 is 9.84 Å². The zero-order valence-electron chi connectivity index (χ0n) is 7.98. The van der Waals surface area contributed by atoms with E-state index in [9.17, 15) is 14.0 Å². The number of hydrogen-bond acceptors (Lipinski definition) is 3. The molecule has 15 heavy (non-hydrogen) atoms. The molecule has 0 saturated carbocycles. The summed E-state index contributed by atoms with van der Waals surface area (Å²) in [6, 6.07) is 0.